The highest BCUT2D eigenvalue weighted by molar-refractivity contribution is 4.73. The largest absolute Gasteiger partial charge is 0.330 e. The summed E-state index contributed by atoms with van der Waals surface area (Å²) in [7, 11) is 0. The first-order valence-corrected chi connectivity index (χ1v) is 6.26. The normalized spacial score (nSPS) is 28.7. The van der Waals surface area contributed by atoms with Gasteiger partial charge in [-0.1, -0.05) is 19.8 Å². The van der Waals surface area contributed by atoms with Crippen molar-refractivity contribution in [1.82, 2.24) is 5.32 Å². The Labute approximate surface area is 88.6 Å². The molecule has 2 nitrogen and oxygen atoms in total. The molecule has 0 aromatic heterocycles. The molecule has 0 amide bonds. The molecule has 0 heterocycles. The van der Waals surface area contributed by atoms with Crippen molar-refractivity contribution in [2.75, 3.05) is 13.1 Å². The van der Waals surface area contributed by atoms with Crippen molar-refractivity contribution >= 4 is 0 Å². The van der Waals surface area contributed by atoms with Gasteiger partial charge >= 0.3 is 0 Å². The van der Waals surface area contributed by atoms with Crippen LogP contribution in [0.2, 0.25) is 0 Å². The van der Waals surface area contributed by atoms with Crippen LogP contribution in [0.15, 0.2) is 0 Å². The third-order valence-electron chi connectivity index (χ3n) is 3.32. The van der Waals surface area contributed by atoms with Gasteiger partial charge in [-0.2, -0.15) is 0 Å². The van der Waals surface area contributed by atoms with Crippen LogP contribution in [0, 0.1) is 5.92 Å². The van der Waals surface area contributed by atoms with Crippen LogP contribution in [0.4, 0.5) is 0 Å². The molecule has 3 N–H and O–H groups in total. The average Bonchev–Trinajstić information content (AvgIpc) is 2.38. The van der Waals surface area contributed by atoms with Crippen LogP contribution >= 0.6 is 0 Å². The monoisotopic (exact) mass is 198 g/mol. The number of hydrogen-bond acceptors (Lipinski definition) is 2. The maximum absolute atomic E-state index is 5.46. The second-order valence-corrected chi connectivity index (χ2v) is 4.76. The van der Waals surface area contributed by atoms with E-state index in [0.29, 0.717) is 0 Å². The van der Waals surface area contributed by atoms with E-state index in [1.165, 1.54) is 38.5 Å². The molecular weight excluding hydrogens is 172 g/mol. The van der Waals surface area contributed by atoms with E-state index < -0.39 is 0 Å². The van der Waals surface area contributed by atoms with Crippen molar-refractivity contribution in [1.29, 1.82) is 0 Å². The molecule has 14 heavy (non-hydrogen) atoms. The quantitative estimate of drug-likeness (QED) is 0.525. The van der Waals surface area contributed by atoms with Gasteiger partial charge in [0.05, 0.1) is 0 Å². The van der Waals surface area contributed by atoms with E-state index in [9.17, 15) is 0 Å². The minimum atomic E-state index is 0.790. The Hall–Kier alpha value is -0.0800. The molecule has 1 saturated carbocycles. The summed E-state index contributed by atoms with van der Waals surface area (Å²) >= 11 is 0. The van der Waals surface area contributed by atoms with E-state index >= 15 is 0 Å². The molecule has 1 fully saturated rings. The smallest absolute Gasteiger partial charge is 0.00671 e. The molecule has 2 unspecified atom stereocenters. The lowest BCUT2D eigenvalue weighted by molar-refractivity contribution is 0.442. The fourth-order valence-electron chi connectivity index (χ4n) is 2.27. The number of hydrogen-bond donors (Lipinski definition) is 2. The maximum Gasteiger partial charge on any atom is 0.00671 e. The Morgan fingerprint density at radius 3 is 2.79 bits per heavy atom. The Balaban J connectivity index is 2.05. The lowest BCUT2D eigenvalue weighted by atomic mass is 10.0. The minimum Gasteiger partial charge on any atom is -0.330 e. The summed E-state index contributed by atoms with van der Waals surface area (Å²) < 4.78 is 0. The summed E-state index contributed by atoms with van der Waals surface area (Å²) in [6.07, 6.45) is 9.42. The molecule has 0 aliphatic heterocycles. The second-order valence-electron chi connectivity index (χ2n) is 4.76. The first kappa shape index (κ1) is 12.0. The Morgan fingerprint density at radius 1 is 1.14 bits per heavy atom. The number of nitrogens with one attached hydrogen (secondary N) is 1. The average molecular weight is 198 g/mol. The van der Waals surface area contributed by atoms with Gasteiger partial charge in [0, 0.05) is 6.04 Å². The van der Waals surface area contributed by atoms with Crippen LogP contribution < -0.4 is 11.1 Å². The maximum atomic E-state index is 5.46. The van der Waals surface area contributed by atoms with Gasteiger partial charge in [-0.05, 0) is 51.1 Å². The third kappa shape index (κ3) is 4.97. The molecule has 2 atom stereocenters. The van der Waals surface area contributed by atoms with Crippen LogP contribution in [0.3, 0.4) is 0 Å². The van der Waals surface area contributed by atoms with Gasteiger partial charge in [-0.15, -0.1) is 0 Å². The van der Waals surface area contributed by atoms with Crippen LogP contribution in [0.25, 0.3) is 0 Å². The third-order valence-corrected chi connectivity index (χ3v) is 3.32. The van der Waals surface area contributed by atoms with Crippen molar-refractivity contribution in [3.63, 3.8) is 0 Å². The van der Waals surface area contributed by atoms with E-state index in [4.69, 9.17) is 5.73 Å². The standard InChI is InChI=1S/C12H26N2/c1-11-5-4-6-12(8-7-11)14-10-3-2-9-13/h11-12,14H,2-10,13H2,1H3. The van der Waals surface area contributed by atoms with Gasteiger partial charge in [0.15, 0.2) is 0 Å². The van der Waals surface area contributed by atoms with Gasteiger partial charge in [0.25, 0.3) is 0 Å². The highest BCUT2D eigenvalue weighted by atomic mass is 14.9. The highest BCUT2D eigenvalue weighted by Gasteiger charge is 2.14. The van der Waals surface area contributed by atoms with Crippen molar-refractivity contribution in [3.8, 4) is 0 Å². The molecule has 2 heteroatoms. The van der Waals surface area contributed by atoms with Crippen molar-refractivity contribution < 1.29 is 0 Å². The van der Waals surface area contributed by atoms with E-state index in [-0.39, 0.29) is 0 Å². The van der Waals surface area contributed by atoms with Crippen molar-refractivity contribution in [2.45, 2.75) is 57.9 Å². The first-order chi connectivity index (χ1) is 6.83. The molecule has 0 aromatic rings. The molecule has 1 aliphatic carbocycles. The second kappa shape index (κ2) is 7.24. The highest BCUT2D eigenvalue weighted by Crippen LogP contribution is 2.22. The van der Waals surface area contributed by atoms with Crippen molar-refractivity contribution in [2.24, 2.45) is 11.7 Å². The molecule has 84 valence electrons. The van der Waals surface area contributed by atoms with Crippen LogP contribution in [0.5, 0.6) is 0 Å². The topological polar surface area (TPSA) is 38.0 Å². The molecule has 0 radical (unpaired) electrons. The Morgan fingerprint density at radius 2 is 2.00 bits per heavy atom. The summed E-state index contributed by atoms with van der Waals surface area (Å²) in [5, 5.41) is 3.66. The van der Waals surface area contributed by atoms with Crippen LogP contribution in [-0.4, -0.2) is 19.1 Å². The molecular formula is C12H26N2. The summed E-state index contributed by atoms with van der Waals surface area (Å²) in [5.41, 5.74) is 5.46. The zero-order chi connectivity index (χ0) is 10.2. The predicted molar refractivity (Wildman–Crippen MR) is 62.3 cm³/mol. The lowest BCUT2D eigenvalue weighted by Gasteiger charge is -2.15. The molecule has 0 spiro atoms. The first-order valence-electron chi connectivity index (χ1n) is 6.26. The lowest BCUT2D eigenvalue weighted by Crippen LogP contribution is -2.29. The van der Waals surface area contributed by atoms with Gasteiger partial charge in [0.2, 0.25) is 0 Å². The van der Waals surface area contributed by atoms with E-state index in [0.717, 1.165) is 31.5 Å². The molecule has 0 aromatic carbocycles. The molecule has 1 aliphatic rings. The number of unbranched alkanes of at least 4 members (excludes halogenated alkanes) is 1. The molecule has 0 bridgehead atoms. The Kier molecular flexibility index (Phi) is 6.20. The fraction of sp³-hybridized carbons (Fsp3) is 1.00. The predicted octanol–water partition coefficient (Wildman–Crippen LogP) is 2.28. The van der Waals surface area contributed by atoms with E-state index in [2.05, 4.69) is 12.2 Å². The van der Waals surface area contributed by atoms with Gasteiger partial charge in [-0.3, -0.25) is 0 Å². The van der Waals surface area contributed by atoms with Gasteiger partial charge in [0.1, 0.15) is 0 Å². The number of rotatable bonds is 5. The molecule has 0 saturated heterocycles. The van der Waals surface area contributed by atoms with Gasteiger partial charge < -0.3 is 11.1 Å². The fourth-order valence-corrected chi connectivity index (χ4v) is 2.27. The summed E-state index contributed by atoms with van der Waals surface area (Å²) in [4.78, 5) is 0. The summed E-state index contributed by atoms with van der Waals surface area (Å²) in [5.74, 6) is 0.950. The molecule has 1 rings (SSSR count). The van der Waals surface area contributed by atoms with Crippen LogP contribution in [0.1, 0.15) is 51.9 Å². The van der Waals surface area contributed by atoms with E-state index in [1.807, 2.05) is 0 Å². The Bertz CT molecular complexity index is 136. The SMILES string of the molecule is CC1CCCC(NCCCCN)CC1. The number of nitrogens with two attached hydrogens (primary N) is 1. The summed E-state index contributed by atoms with van der Waals surface area (Å²) in [6.45, 7) is 4.39. The van der Waals surface area contributed by atoms with E-state index in [1.54, 1.807) is 0 Å². The zero-order valence-corrected chi connectivity index (χ0v) is 9.60. The van der Waals surface area contributed by atoms with Gasteiger partial charge in [-0.25, -0.2) is 0 Å². The summed E-state index contributed by atoms with van der Waals surface area (Å²) in [6, 6.07) is 0.790. The van der Waals surface area contributed by atoms with Crippen LogP contribution in [-0.2, 0) is 0 Å². The zero-order valence-electron chi connectivity index (χ0n) is 9.60. The minimum absolute atomic E-state index is 0.790. The van der Waals surface area contributed by atoms with Crippen molar-refractivity contribution in [3.05, 3.63) is 0 Å².